The van der Waals surface area contributed by atoms with Crippen LogP contribution in [0.25, 0.3) is 0 Å². The first-order valence-electron chi connectivity index (χ1n) is 7.10. The van der Waals surface area contributed by atoms with Gasteiger partial charge in [0.1, 0.15) is 0 Å². The van der Waals surface area contributed by atoms with Crippen molar-refractivity contribution in [3.63, 3.8) is 0 Å². The zero-order chi connectivity index (χ0) is 14.2. The minimum absolute atomic E-state index is 0.322. The summed E-state index contributed by atoms with van der Waals surface area (Å²) in [6, 6.07) is 14.9. The molecule has 1 aromatic carbocycles. The van der Waals surface area contributed by atoms with E-state index in [9.17, 15) is 0 Å². The van der Waals surface area contributed by atoms with Gasteiger partial charge in [0.25, 0.3) is 0 Å². The Bertz CT molecular complexity index is 513. The van der Waals surface area contributed by atoms with Crippen molar-refractivity contribution in [3.05, 3.63) is 59.8 Å². The largest absolute Gasteiger partial charge is 0.481 e. The van der Waals surface area contributed by atoms with Crippen LogP contribution in [-0.4, -0.2) is 18.6 Å². The second-order valence-electron chi connectivity index (χ2n) is 4.83. The molecule has 2 rings (SSSR count). The topological polar surface area (TPSA) is 34.2 Å². The quantitative estimate of drug-likeness (QED) is 0.837. The number of pyridine rings is 1. The van der Waals surface area contributed by atoms with Gasteiger partial charge in [-0.3, -0.25) is 0 Å². The number of nitrogens with zero attached hydrogens (tertiary/aromatic N) is 1. The summed E-state index contributed by atoms with van der Waals surface area (Å²) < 4.78 is 5.19. The fourth-order valence-electron chi connectivity index (χ4n) is 2.24. The molecule has 1 aromatic heterocycles. The van der Waals surface area contributed by atoms with Gasteiger partial charge < -0.3 is 10.1 Å². The Morgan fingerprint density at radius 1 is 1.20 bits per heavy atom. The second kappa shape index (κ2) is 7.65. The lowest BCUT2D eigenvalue weighted by molar-refractivity contribution is 0.397. The predicted octanol–water partition coefficient (Wildman–Crippen LogP) is 3.37. The molecule has 0 bridgehead atoms. The molecule has 0 saturated heterocycles. The van der Waals surface area contributed by atoms with Gasteiger partial charge in [-0.2, -0.15) is 0 Å². The van der Waals surface area contributed by atoms with E-state index in [1.54, 1.807) is 13.3 Å². The van der Waals surface area contributed by atoms with Gasteiger partial charge in [-0.25, -0.2) is 4.98 Å². The average molecular weight is 270 g/mol. The Labute approximate surface area is 121 Å². The molecule has 0 aliphatic heterocycles. The maximum absolute atomic E-state index is 5.19. The first-order chi connectivity index (χ1) is 9.83. The van der Waals surface area contributed by atoms with Crippen molar-refractivity contribution < 1.29 is 4.74 Å². The Morgan fingerprint density at radius 2 is 2.00 bits per heavy atom. The molecule has 1 heterocycles. The second-order valence-corrected chi connectivity index (χ2v) is 4.83. The van der Waals surface area contributed by atoms with Gasteiger partial charge in [0.2, 0.25) is 5.88 Å². The van der Waals surface area contributed by atoms with E-state index in [2.05, 4.69) is 47.6 Å². The first kappa shape index (κ1) is 14.5. The van der Waals surface area contributed by atoms with Crippen LogP contribution >= 0.6 is 0 Å². The number of methoxy groups -OCH3 is 1. The van der Waals surface area contributed by atoms with Crippen molar-refractivity contribution in [3.8, 4) is 5.88 Å². The van der Waals surface area contributed by atoms with Gasteiger partial charge in [0.15, 0.2) is 0 Å². The molecule has 0 radical (unpaired) electrons. The van der Waals surface area contributed by atoms with Gasteiger partial charge in [0, 0.05) is 18.3 Å². The Kier molecular flexibility index (Phi) is 5.56. The molecule has 0 amide bonds. The molecular weight excluding hydrogens is 248 g/mol. The number of rotatable bonds is 7. The van der Waals surface area contributed by atoms with Crippen LogP contribution in [0.5, 0.6) is 5.88 Å². The highest BCUT2D eigenvalue weighted by molar-refractivity contribution is 5.25. The summed E-state index contributed by atoms with van der Waals surface area (Å²) in [7, 11) is 1.65. The summed E-state index contributed by atoms with van der Waals surface area (Å²) in [5, 5.41) is 3.61. The van der Waals surface area contributed by atoms with Crippen LogP contribution < -0.4 is 10.1 Å². The van der Waals surface area contributed by atoms with Crippen molar-refractivity contribution >= 4 is 0 Å². The molecule has 0 spiro atoms. The molecule has 20 heavy (non-hydrogen) atoms. The van der Waals surface area contributed by atoms with Crippen LogP contribution in [0.1, 0.15) is 30.5 Å². The highest BCUT2D eigenvalue weighted by Crippen LogP contribution is 2.20. The van der Waals surface area contributed by atoms with Crippen molar-refractivity contribution in [2.75, 3.05) is 13.7 Å². The molecule has 3 heteroatoms. The SMILES string of the molecule is CCCNC(Cc1ccnc(OC)c1)c1ccccc1. The van der Waals surface area contributed by atoms with Crippen molar-refractivity contribution in [2.45, 2.75) is 25.8 Å². The fraction of sp³-hybridized carbons (Fsp3) is 0.353. The zero-order valence-electron chi connectivity index (χ0n) is 12.2. The van der Waals surface area contributed by atoms with Gasteiger partial charge >= 0.3 is 0 Å². The lowest BCUT2D eigenvalue weighted by atomic mass is 9.99. The third-order valence-corrected chi connectivity index (χ3v) is 3.29. The highest BCUT2D eigenvalue weighted by atomic mass is 16.5. The van der Waals surface area contributed by atoms with E-state index in [0.29, 0.717) is 11.9 Å². The third kappa shape index (κ3) is 4.07. The summed E-state index contributed by atoms with van der Waals surface area (Å²) in [6.07, 6.45) is 3.86. The summed E-state index contributed by atoms with van der Waals surface area (Å²) in [5.74, 6) is 0.671. The number of hydrogen-bond acceptors (Lipinski definition) is 3. The highest BCUT2D eigenvalue weighted by Gasteiger charge is 2.11. The number of benzene rings is 1. The van der Waals surface area contributed by atoms with E-state index in [1.165, 1.54) is 11.1 Å². The van der Waals surface area contributed by atoms with Gasteiger partial charge in [-0.15, -0.1) is 0 Å². The molecule has 1 unspecified atom stereocenters. The monoisotopic (exact) mass is 270 g/mol. The summed E-state index contributed by atoms with van der Waals surface area (Å²) >= 11 is 0. The van der Waals surface area contributed by atoms with E-state index in [1.807, 2.05) is 12.1 Å². The average Bonchev–Trinajstić information content (AvgIpc) is 2.52. The van der Waals surface area contributed by atoms with E-state index < -0.39 is 0 Å². The molecule has 106 valence electrons. The third-order valence-electron chi connectivity index (χ3n) is 3.29. The van der Waals surface area contributed by atoms with Crippen LogP contribution in [0.2, 0.25) is 0 Å². The Balaban J connectivity index is 2.14. The number of ether oxygens (including phenoxy) is 1. The smallest absolute Gasteiger partial charge is 0.213 e. The maximum Gasteiger partial charge on any atom is 0.213 e. The van der Waals surface area contributed by atoms with E-state index in [0.717, 1.165) is 19.4 Å². The normalized spacial score (nSPS) is 12.1. The molecule has 1 atom stereocenters. The van der Waals surface area contributed by atoms with E-state index in [-0.39, 0.29) is 0 Å². The summed E-state index contributed by atoms with van der Waals surface area (Å²) in [6.45, 7) is 3.20. The molecule has 2 aromatic rings. The minimum atomic E-state index is 0.322. The Hall–Kier alpha value is -1.87. The van der Waals surface area contributed by atoms with Crippen molar-refractivity contribution in [2.24, 2.45) is 0 Å². The van der Waals surface area contributed by atoms with Crippen LogP contribution in [0, 0.1) is 0 Å². The molecule has 1 N–H and O–H groups in total. The fourth-order valence-corrected chi connectivity index (χ4v) is 2.24. The Morgan fingerprint density at radius 3 is 2.70 bits per heavy atom. The standard InChI is InChI=1S/C17H22N2O/c1-3-10-18-16(15-7-5-4-6-8-15)12-14-9-11-19-17(13-14)20-2/h4-9,11,13,16,18H,3,10,12H2,1-2H3. The first-order valence-corrected chi connectivity index (χ1v) is 7.10. The van der Waals surface area contributed by atoms with Gasteiger partial charge in [-0.05, 0) is 36.6 Å². The lowest BCUT2D eigenvalue weighted by Crippen LogP contribution is -2.24. The number of nitrogens with one attached hydrogen (secondary N) is 1. The van der Waals surface area contributed by atoms with Crippen LogP contribution in [0.3, 0.4) is 0 Å². The van der Waals surface area contributed by atoms with Gasteiger partial charge in [0.05, 0.1) is 7.11 Å². The molecule has 3 nitrogen and oxygen atoms in total. The van der Waals surface area contributed by atoms with Crippen molar-refractivity contribution in [1.29, 1.82) is 0 Å². The number of hydrogen-bond donors (Lipinski definition) is 1. The molecule has 0 aliphatic rings. The minimum Gasteiger partial charge on any atom is -0.481 e. The van der Waals surface area contributed by atoms with Crippen LogP contribution in [0.4, 0.5) is 0 Å². The van der Waals surface area contributed by atoms with Crippen molar-refractivity contribution in [1.82, 2.24) is 10.3 Å². The molecule has 0 saturated carbocycles. The molecule has 0 aliphatic carbocycles. The van der Waals surface area contributed by atoms with E-state index in [4.69, 9.17) is 4.74 Å². The molecular formula is C17H22N2O. The lowest BCUT2D eigenvalue weighted by Gasteiger charge is -2.19. The predicted molar refractivity (Wildman–Crippen MR) is 82.0 cm³/mol. The number of aromatic nitrogens is 1. The maximum atomic E-state index is 5.19. The van der Waals surface area contributed by atoms with Gasteiger partial charge in [-0.1, -0.05) is 37.3 Å². The summed E-state index contributed by atoms with van der Waals surface area (Å²) in [5.41, 5.74) is 2.55. The van der Waals surface area contributed by atoms with Crippen LogP contribution in [-0.2, 0) is 6.42 Å². The van der Waals surface area contributed by atoms with E-state index >= 15 is 0 Å². The zero-order valence-corrected chi connectivity index (χ0v) is 12.2. The van der Waals surface area contributed by atoms with Crippen LogP contribution in [0.15, 0.2) is 48.7 Å². The molecule has 0 fully saturated rings. The summed E-state index contributed by atoms with van der Waals surface area (Å²) in [4.78, 5) is 4.16.